The molecule has 126 valence electrons. The van der Waals surface area contributed by atoms with Crippen molar-refractivity contribution in [2.45, 2.75) is 20.8 Å². The Balaban J connectivity index is 0.00000144. The van der Waals surface area contributed by atoms with Gasteiger partial charge < -0.3 is 0 Å². The standard InChI is InChI=1S/3C7H7.Bi.2ClH/c3*1-7-5-3-2-4-6-7;;;/h3*2-5H,1H3;;2*1H. The van der Waals surface area contributed by atoms with Gasteiger partial charge in [-0.15, -0.1) is 24.8 Å². The van der Waals surface area contributed by atoms with Crippen molar-refractivity contribution in [1.82, 2.24) is 0 Å². The summed E-state index contributed by atoms with van der Waals surface area (Å²) in [4.78, 5) is 0. The van der Waals surface area contributed by atoms with Gasteiger partial charge in [0.15, 0.2) is 0 Å². The van der Waals surface area contributed by atoms with E-state index in [9.17, 15) is 0 Å². The second-order valence-electron chi connectivity index (χ2n) is 5.69. The molecule has 24 heavy (non-hydrogen) atoms. The number of halogens is 2. The summed E-state index contributed by atoms with van der Waals surface area (Å²) in [5.41, 5.74) is 4.31. The van der Waals surface area contributed by atoms with Crippen LogP contribution in [0.5, 0.6) is 0 Å². The van der Waals surface area contributed by atoms with Gasteiger partial charge in [0.05, 0.1) is 0 Å². The molecule has 3 heteroatoms. The molecule has 0 fully saturated rings. The SMILES string of the molecule is Cc1cccc[c]1[Bi]([c]1ccccc1C)[c]1ccccc1C.Cl.Cl. The predicted octanol–water partition coefficient (Wildman–Crippen LogP) is 3.97. The van der Waals surface area contributed by atoms with Crippen LogP contribution < -0.4 is 9.81 Å². The minimum atomic E-state index is -2.23. The molecule has 0 atom stereocenters. The molecule has 0 aromatic heterocycles. The van der Waals surface area contributed by atoms with E-state index in [4.69, 9.17) is 0 Å². The van der Waals surface area contributed by atoms with E-state index in [1.807, 2.05) is 0 Å². The molecule has 0 heterocycles. The molecule has 0 unspecified atom stereocenters. The third kappa shape index (κ3) is 4.39. The van der Waals surface area contributed by atoms with Crippen LogP contribution in [-0.4, -0.2) is 21.8 Å². The van der Waals surface area contributed by atoms with Crippen LogP contribution in [0.3, 0.4) is 0 Å². The Labute approximate surface area is 165 Å². The minimum Gasteiger partial charge on any atom is -0.147 e. The average molecular weight is 555 g/mol. The molecular weight excluding hydrogens is 532 g/mol. The van der Waals surface area contributed by atoms with Crippen molar-refractivity contribution in [3.63, 3.8) is 0 Å². The first-order valence-electron chi connectivity index (χ1n) is 7.65. The van der Waals surface area contributed by atoms with Crippen LogP contribution in [0.2, 0.25) is 0 Å². The Hall–Kier alpha value is -0.877. The Morgan fingerprint density at radius 3 is 0.958 bits per heavy atom. The first kappa shape index (κ1) is 21.2. The molecule has 0 aliphatic carbocycles. The molecule has 3 aromatic carbocycles. The van der Waals surface area contributed by atoms with E-state index < -0.39 is 21.8 Å². The molecule has 3 rings (SSSR count). The third-order valence-corrected chi connectivity index (χ3v) is 15.5. The number of hydrogen-bond donors (Lipinski definition) is 0. The van der Waals surface area contributed by atoms with Crippen LogP contribution in [0, 0.1) is 20.8 Å². The van der Waals surface area contributed by atoms with Gasteiger partial charge in [0.25, 0.3) is 0 Å². The zero-order valence-corrected chi connectivity index (χ0v) is 19.3. The number of aryl methyl sites for hydroxylation is 3. The van der Waals surface area contributed by atoms with E-state index in [2.05, 4.69) is 93.6 Å². The van der Waals surface area contributed by atoms with E-state index in [-0.39, 0.29) is 24.8 Å². The normalized spacial score (nSPS) is 10.0. The minimum absolute atomic E-state index is 0. The zero-order chi connectivity index (χ0) is 15.5. The van der Waals surface area contributed by atoms with Gasteiger partial charge in [-0.25, -0.2) is 0 Å². The summed E-state index contributed by atoms with van der Waals surface area (Å²) in [5, 5.41) is 0. The summed E-state index contributed by atoms with van der Waals surface area (Å²) in [6.07, 6.45) is 0. The molecule has 0 aliphatic rings. The Morgan fingerprint density at radius 2 is 0.708 bits per heavy atom. The van der Waals surface area contributed by atoms with Gasteiger partial charge in [0.2, 0.25) is 0 Å². The van der Waals surface area contributed by atoms with Gasteiger partial charge >= 0.3 is 142 Å². The van der Waals surface area contributed by atoms with Crippen LogP contribution in [0.4, 0.5) is 0 Å². The van der Waals surface area contributed by atoms with Crippen molar-refractivity contribution in [1.29, 1.82) is 0 Å². The molecule has 0 bridgehead atoms. The summed E-state index contributed by atoms with van der Waals surface area (Å²) >= 11 is -2.23. The largest absolute Gasteiger partial charge is 0.147 e. The molecule has 0 saturated heterocycles. The van der Waals surface area contributed by atoms with Crippen molar-refractivity contribution in [3.05, 3.63) is 89.5 Å². The van der Waals surface area contributed by atoms with Crippen molar-refractivity contribution in [2.24, 2.45) is 0 Å². The number of hydrogen-bond acceptors (Lipinski definition) is 0. The molecule has 0 radical (unpaired) electrons. The molecule has 0 N–H and O–H groups in total. The molecule has 3 aromatic rings. The maximum Gasteiger partial charge on any atom is -0.147 e. The van der Waals surface area contributed by atoms with E-state index >= 15 is 0 Å². The molecule has 0 aliphatic heterocycles. The Morgan fingerprint density at radius 1 is 0.458 bits per heavy atom. The van der Waals surface area contributed by atoms with Gasteiger partial charge in [-0.05, 0) is 0 Å². The molecular formula is C21H23BiCl2. The summed E-state index contributed by atoms with van der Waals surface area (Å²) in [6.45, 7) is 6.77. The fourth-order valence-corrected chi connectivity index (χ4v) is 13.6. The van der Waals surface area contributed by atoms with Gasteiger partial charge in [-0.3, -0.25) is 0 Å². The first-order chi connectivity index (χ1) is 10.7. The van der Waals surface area contributed by atoms with Crippen molar-refractivity contribution in [2.75, 3.05) is 0 Å². The van der Waals surface area contributed by atoms with Gasteiger partial charge in [0.1, 0.15) is 0 Å². The van der Waals surface area contributed by atoms with Crippen molar-refractivity contribution < 1.29 is 0 Å². The second kappa shape index (κ2) is 9.57. The maximum absolute atomic E-state index is 2.35. The summed E-state index contributed by atoms with van der Waals surface area (Å²) in [5.74, 6) is 0. The topological polar surface area (TPSA) is 0 Å². The number of benzene rings is 3. The van der Waals surface area contributed by atoms with Crippen LogP contribution in [-0.2, 0) is 0 Å². The summed E-state index contributed by atoms with van der Waals surface area (Å²) in [6, 6.07) is 26.9. The fraction of sp³-hybridized carbons (Fsp3) is 0.143. The Bertz CT molecular complexity index is 691. The fourth-order valence-electron chi connectivity index (χ4n) is 2.83. The molecule has 0 amide bonds. The average Bonchev–Trinajstić information content (AvgIpc) is 2.53. The first-order valence-corrected chi connectivity index (χ1v) is 12.9. The summed E-state index contributed by atoms with van der Waals surface area (Å²) < 4.78 is 4.79. The van der Waals surface area contributed by atoms with E-state index in [1.54, 1.807) is 9.81 Å². The Kier molecular flexibility index (Phi) is 8.44. The molecule has 0 saturated carbocycles. The van der Waals surface area contributed by atoms with E-state index in [0.29, 0.717) is 0 Å². The van der Waals surface area contributed by atoms with Crippen LogP contribution >= 0.6 is 24.8 Å². The van der Waals surface area contributed by atoms with Crippen molar-refractivity contribution in [3.8, 4) is 0 Å². The van der Waals surface area contributed by atoms with Crippen molar-refractivity contribution >= 4 is 56.4 Å². The summed E-state index contributed by atoms with van der Waals surface area (Å²) in [7, 11) is 0. The molecule has 0 nitrogen and oxygen atoms in total. The van der Waals surface area contributed by atoms with Gasteiger partial charge in [-0.1, -0.05) is 0 Å². The van der Waals surface area contributed by atoms with E-state index in [0.717, 1.165) is 0 Å². The predicted molar refractivity (Wildman–Crippen MR) is 113 cm³/mol. The quantitative estimate of drug-likeness (QED) is 0.430. The maximum atomic E-state index is 2.35. The zero-order valence-electron chi connectivity index (χ0n) is 14.2. The molecule has 0 spiro atoms. The van der Waals surface area contributed by atoms with Gasteiger partial charge in [-0.2, -0.15) is 0 Å². The van der Waals surface area contributed by atoms with Crippen LogP contribution in [0.15, 0.2) is 72.8 Å². The van der Waals surface area contributed by atoms with Crippen LogP contribution in [0.25, 0.3) is 0 Å². The van der Waals surface area contributed by atoms with Gasteiger partial charge in [0, 0.05) is 0 Å². The smallest absolute Gasteiger partial charge is 0.147 e. The van der Waals surface area contributed by atoms with E-state index in [1.165, 1.54) is 16.7 Å². The number of rotatable bonds is 3. The van der Waals surface area contributed by atoms with Crippen LogP contribution in [0.1, 0.15) is 16.7 Å². The second-order valence-corrected chi connectivity index (χ2v) is 13.9. The monoisotopic (exact) mass is 554 g/mol. The third-order valence-electron chi connectivity index (χ3n) is 4.07.